The average molecular weight is 320 g/mol. The maximum Gasteiger partial charge on any atom is 0.265 e. The van der Waals surface area contributed by atoms with Crippen LogP contribution in [0.25, 0.3) is 0 Å². The van der Waals surface area contributed by atoms with Crippen molar-refractivity contribution in [2.45, 2.75) is 13.8 Å². The van der Waals surface area contributed by atoms with Crippen molar-refractivity contribution in [1.29, 1.82) is 0 Å². The highest BCUT2D eigenvalue weighted by molar-refractivity contribution is 7.80. The predicted octanol–water partition coefficient (Wildman–Crippen LogP) is 3.26. The van der Waals surface area contributed by atoms with Gasteiger partial charge >= 0.3 is 0 Å². The van der Waals surface area contributed by atoms with Gasteiger partial charge in [0.15, 0.2) is 0 Å². The van der Waals surface area contributed by atoms with Gasteiger partial charge in [-0.1, -0.05) is 18.3 Å². The van der Waals surface area contributed by atoms with Crippen LogP contribution < -0.4 is 15.8 Å². The first-order valence-corrected chi connectivity index (χ1v) is 7.51. The van der Waals surface area contributed by atoms with E-state index in [-0.39, 0.29) is 10.9 Å². The zero-order valence-corrected chi connectivity index (χ0v) is 13.7. The zero-order chi connectivity index (χ0) is 15.6. The van der Waals surface area contributed by atoms with Gasteiger partial charge in [-0.15, -0.1) is 11.3 Å². The Hall–Kier alpha value is -1.92. The van der Waals surface area contributed by atoms with E-state index in [2.05, 4.69) is 5.32 Å². The summed E-state index contributed by atoms with van der Waals surface area (Å²) in [4.78, 5) is 14.4. The molecule has 1 amide bonds. The summed E-state index contributed by atoms with van der Waals surface area (Å²) in [5.41, 5.74) is 7.89. The second-order valence-corrected chi connectivity index (χ2v) is 6.25. The number of carbonyl (C=O) groups is 1. The number of thiophene rings is 1. The van der Waals surface area contributed by atoms with E-state index in [9.17, 15) is 4.79 Å². The van der Waals surface area contributed by atoms with Crippen molar-refractivity contribution >= 4 is 40.1 Å². The van der Waals surface area contributed by atoms with E-state index in [4.69, 9.17) is 22.7 Å². The number of anilines is 1. The van der Waals surface area contributed by atoms with Gasteiger partial charge in [-0.3, -0.25) is 4.79 Å². The van der Waals surface area contributed by atoms with Crippen LogP contribution >= 0.6 is 23.6 Å². The average Bonchev–Trinajstić information content (AvgIpc) is 2.78. The lowest BCUT2D eigenvalue weighted by atomic mass is 10.1. The van der Waals surface area contributed by atoms with Crippen molar-refractivity contribution < 1.29 is 9.53 Å². The van der Waals surface area contributed by atoms with E-state index in [1.807, 2.05) is 19.9 Å². The van der Waals surface area contributed by atoms with Gasteiger partial charge in [-0.25, -0.2) is 0 Å². The number of rotatable bonds is 4. The topological polar surface area (TPSA) is 64.3 Å². The summed E-state index contributed by atoms with van der Waals surface area (Å²) >= 11 is 6.48. The van der Waals surface area contributed by atoms with E-state index in [0.29, 0.717) is 21.9 Å². The third kappa shape index (κ3) is 3.22. The van der Waals surface area contributed by atoms with E-state index < -0.39 is 0 Å². The summed E-state index contributed by atoms with van der Waals surface area (Å²) < 4.78 is 5.28. The van der Waals surface area contributed by atoms with Gasteiger partial charge in [0.05, 0.1) is 17.7 Å². The van der Waals surface area contributed by atoms with Crippen LogP contribution in [-0.2, 0) is 0 Å². The van der Waals surface area contributed by atoms with Crippen LogP contribution in [0, 0.1) is 13.8 Å². The van der Waals surface area contributed by atoms with E-state index >= 15 is 0 Å². The third-order valence-corrected chi connectivity index (χ3v) is 4.51. The molecule has 2 aromatic rings. The molecule has 1 aromatic carbocycles. The molecule has 0 saturated heterocycles. The smallest absolute Gasteiger partial charge is 0.265 e. The molecule has 0 aliphatic carbocycles. The van der Waals surface area contributed by atoms with Gasteiger partial charge in [0.1, 0.15) is 10.7 Å². The number of nitrogens with one attached hydrogen (secondary N) is 1. The van der Waals surface area contributed by atoms with Gasteiger partial charge in [0, 0.05) is 10.4 Å². The second-order valence-electron chi connectivity index (χ2n) is 4.55. The lowest BCUT2D eigenvalue weighted by molar-refractivity contribution is 0.103. The van der Waals surface area contributed by atoms with Crippen molar-refractivity contribution in [1.82, 2.24) is 0 Å². The number of benzene rings is 1. The van der Waals surface area contributed by atoms with Crippen LogP contribution in [0.5, 0.6) is 5.75 Å². The molecule has 4 nitrogen and oxygen atoms in total. The number of carbonyl (C=O) groups excluding carboxylic acids is 1. The Kier molecular flexibility index (Phi) is 4.59. The van der Waals surface area contributed by atoms with Crippen LogP contribution in [0.4, 0.5) is 5.69 Å². The standard InChI is InChI=1S/C15H16N2O2S2/c1-8-7-12(21-9(8)2)15(18)17-13-10(14(16)20)5-4-6-11(13)19-3/h4-7H,1-3H3,(H2,16,20)(H,17,18). The minimum atomic E-state index is -0.196. The number of hydrogen-bond acceptors (Lipinski definition) is 4. The molecule has 0 aliphatic rings. The molecule has 3 N–H and O–H groups in total. The largest absolute Gasteiger partial charge is 0.495 e. The van der Waals surface area contributed by atoms with Crippen molar-refractivity contribution in [2.24, 2.45) is 5.73 Å². The molecule has 2 rings (SSSR count). The zero-order valence-electron chi connectivity index (χ0n) is 12.0. The quantitative estimate of drug-likeness (QED) is 0.849. The lowest BCUT2D eigenvalue weighted by Gasteiger charge is -2.13. The Morgan fingerprint density at radius 1 is 1.38 bits per heavy atom. The minimum absolute atomic E-state index is 0.196. The van der Waals surface area contributed by atoms with Gasteiger partial charge < -0.3 is 15.8 Å². The molecule has 21 heavy (non-hydrogen) atoms. The Morgan fingerprint density at radius 3 is 2.62 bits per heavy atom. The maximum atomic E-state index is 12.4. The Morgan fingerprint density at radius 2 is 2.10 bits per heavy atom. The van der Waals surface area contributed by atoms with Crippen molar-refractivity contribution in [3.63, 3.8) is 0 Å². The Balaban J connectivity index is 2.38. The molecule has 0 fully saturated rings. The molecule has 0 radical (unpaired) electrons. The summed E-state index contributed by atoms with van der Waals surface area (Å²) in [7, 11) is 1.54. The number of amides is 1. The molecule has 0 spiro atoms. The molecule has 0 atom stereocenters. The summed E-state index contributed by atoms with van der Waals surface area (Å²) in [6, 6.07) is 7.15. The van der Waals surface area contributed by atoms with Gasteiger partial charge in [0.25, 0.3) is 5.91 Å². The summed E-state index contributed by atoms with van der Waals surface area (Å²) in [6.07, 6.45) is 0. The van der Waals surface area contributed by atoms with Crippen LogP contribution in [-0.4, -0.2) is 18.0 Å². The molecular formula is C15H16N2O2S2. The van der Waals surface area contributed by atoms with Crippen molar-refractivity contribution in [2.75, 3.05) is 12.4 Å². The number of thiocarbonyl (C=S) groups is 1. The normalized spacial score (nSPS) is 10.2. The van der Waals surface area contributed by atoms with E-state index in [1.165, 1.54) is 18.4 Å². The first-order valence-electron chi connectivity index (χ1n) is 6.29. The Labute approximate surface area is 132 Å². The molecule has 0 aliphatic heterocycles. The lowest BCUT2D eigenvalue weighted by Crippen LogP contribution is -2.17. The highest BCUT2D eigenvalue weighted by Gasteiger charge is 2.17. The fraction of sp³-hybridized carbons (Fsp3) is 0.200. The first-order chi connectivity index (χ1) is 9.93. The van der Waals surface area contributed by atoms with Crippen LogP contribution in [0.15, 0.2) is 24.3 Å². The molecule has 1 heterocycles. The molecule has 6 heteroatoms. The summed E-state index contributed by atoms with van der Waals surface area (Å²) in [5, 5.41) is 2.85. The first kappa shape index (κ1) is 15.5. The van der Waals surface area contributed by atoms with Crippen molar-refractivity contribution in [3.05, 3.63) is 45.1 Å². The molecule has 0 saturated carbocycles. The minimum Gasteiger partial charge on any atom is -0.495 e. The second kappa shape index (κ2) is 6.24. The number of nitrogens with two attached hydrogens (primary N) is 1. The van der Waals surface area contributed by atoms with Gasteiger partial charge in [-0.05, 0) is 37.6 Å². The fourth-order valence-corrected chi connectivity index (χ4v) is 3.00. The SMILES string of the molecule is COc1cccc(C(N)=S)c1NC(=O)c1cc(C)c(C)s1. The molecule has 110 valence electrons. The summed E-state index contributed by atoms with van der Waals surface area (Å²) in [6.45, 7) is 3.96. The molecule has 1 aromatic heterocycles. The van der Waals surface area contributed by atoms with Crippen LogP contribution in [0.1, 0.15) is 25.7 Å². The van der Waals surface area contributed by atoms with E-state index in [0.717, 1.165) is 10.4 Å². The van der Waals surface area contributed by atoms with Crippen LogP contribution in [0.2, 0.25) is 0 Å². The van der Waals surface area contributed by atoms with Gasteiger partial charge in [-0.2, -0.15) is 0 Å². The van der Waals surface area contributed by atoms with Gasteiger partial charge in [0.2, 0.25) is 0 Å². The summed E-state index contributed by atoms with van der Waals surface area (Å²) in [5.74, 6) is 0.330. The molecule has 0 unspecified atom stereocenters. The number of ether oxygens (including phenoxy) is 1. The maximum absolute atomic E-state index is 12.4. The highest BCUT2D eigenvalue weighted by Crippen LogP contribution is 2.30. The van der Waals surface area contributed by atoms with E-state index in [1.54, 1.807) is 18.2 Å². The number of aryl methyl sites for hydroxylation is 2. The Bertz CT molecular complexity index is 688. The fourth-order valence-electron chi connectivity index (χ4n) is 1.90. The predicted molar refractivity (Wildman–Crippen MR) is 90.6 cm³/mol. The number of hydrogen-bond donors (Lipinski definition) is 2. The third-order valence-electron chi connectivity index (χ3n) is 3.14. The molecule has 0 bridgehead atoms. The van der Waals surface area contributed by atoms with Crippen molar-refractivity contribution in [3.8, 4) is 5.75 Å². The number of methoxy groups -OCH3 is 1. The highest BCUT2D eigenvalue weighted by atomic mass is 32.1. The molecular weight excluding hydrogens is 304 g/mol. The monoisotopic (exact) mass is 320 g/mol. The number of para-hydroxylation sites is 1. The van der Waals surface area contributed by atoms with Crippen LogP contribution in [0.3, 0.4) is 0 Å².